The molecular weight excluding hydrogens is 289 g/mol. The van der Waals surface area contributed by atoms with Crippen molar-refractivity contribution >= 4 is 39.7 Å². The Morgan fingerprint density at radius 3 is 2.11 bits per heavy atom. The average Bonchev–Trinajstić information content (AvgIpc) is 2.34. The minimum atomic E-state index is -1.19. The lowest BCUT2D eigenvalue weighted by molar-refractivity contribution is 0.682. The molecule has 94 valence electrons. The van der Waals surface area contributed by atoms with E-state index in [0.717, 1.165) is 0 Å². The van der Waals surface area contributed by atoms with Gasteiger partial charge in [0, 0.05) is 26.2 Å². The molecule has 2 N–H and O–H groups in total. The molecule has 18 heavy (non-hydrogen) atoms. The molecule has 0 aliphatic rings. The standard InChI is InChI=1S/C13H11Cl2NOS/c14-12-2-1-3-13(15)11(12)8-18(17)10-6-4-9(16)5-7-10/h1-7H,8,16H2. The number of nitrogen functional groups attached to an aromatic ring is 1. The van der Waals surface area contributed by atoms with Crippen molar-refractivity contribution in [1.29, 1.82) is 0 Å². The minimum Gasteiger partial charge on any atom is -0.399 e. The van der Waals surface area contributed by atoms with Crippen LogP contribution in [0.2, 0.25) is 10.0 Å². The van der Waals surface area contributed by atoms with Gasteiger partial charge in [-0.1, -0.05) is 29.3 Å². The highest BCUT2D eigenvalue weighted by atomic mass is 35.5. The Hall–Kier alpha value is -1.03. The van der Waals surface area contributed by atoms with E-state index in [1.165, 1.54) is 0 Å². The van der Waals surface area contributed by atoms with Crippen molar-refractivity contribution in [2.75, 3.05) is 5.73 Å². The van der Waals surface area contributed by atoms with Crippen LogP contribution in [0.4, 0.5) is 5.69 Å². The molecule has 2 nitrogen and oxygen atoms in total. The zero-order valence-electron chi connectivity index (χ0n) is 9.40. The predicted molar refractivity (Wildman–Crippen MR) is 77.4 cm³/mol. The van der Waals surface area contributed by atoms with Crippen LogP contribution in [0.5, 0.6) is 0 Å². The number of halogens is 2. The van der Waals surface area contributed by atoms with Crippen molar-refractivity contribution in [2.24, 2.45) is 0 Å². The van der Waals surface area contributed by atoms with Gasteiger partial charge in [0.2, 0.25) is 0 Å². The second-order valence-electron chi connectivity index (χ2n) is 3.76. The third-order valence-corrected chi connectivity index (χ3v) is 4.54. The molecule has 0 spiro atoms. The van der Waals surface area contributed by atoms with Crippen LogP contribution in [0.3, 0.4) is 0 Å². The third kappa shape index (κ3) is 3.05. The molecule has 0 aliphatic carbocycles. The Bertz CT molecular complexity index is 564. The van der Waals surface area contributed by atoms with Gasteiger partial charge in [-0.05, 0) is 36.4 Å². The summed E-state index contributed by atoms with van der Waals surface area (Å²) in [6, 6.07) is 12.2. The monoisotopic (exact) mass is 299 g/mol. The van der Waals surface area contributed by atoms with Crippen LogP contribution in [0.1, 0.15) is 5.56 Å². The topological polar surface area (TPSA) is 43.1 Å². The highest BCUT2D eigenvalue weighted by Gasteiger charge is 2.11. The fourth-order valence-corrected chi connectivity index (χ4v) is 3.37. The Balaban J connectivity index is 2.24. The van der Waals surface area contributed by atoms with E-state index in [-0.39, 0.29) is 0 Å². The Morgan fingerprint density at radius 2 is 1.56 bits per heavy atom. The summed E-state index contributed by atoms with van der Waals surface area (Å²) in [5.41, 5.74) is 6.94. The molecule has 2 aromatic rings. The molecule has 0 heterocycles. The van der Waals surface area contributed by atoms with E-state index in [1.807, 2.05) is 0 Å². The van der Waals surface area contributed by atoms with Crippen LogP contribution in [-0.2, 0) is 16.6 Å². The van der Waals surface area contributed by atoms with Crippen molar-refractivity contribution in [1.82, 2.24) is 0 Å². The molecule has 0 amide bonds. The first-order chi connectivity index (χ1) is 8.58. The number of benzene rings is 2. The van der Waals surface area contributed by atoms with Crippen molar-refractivity contribution in [3.8, 4) is 0 Å². The first-order valence-electron chi connectivity index (χ1n) is 5.25. The Kier molecular flexibility index (Phi) is 4.27. The van der Waals surface area contributed by atoms with Gasteiger partial charge in [0.15, 0.2) is 0 Å². The van der Waals surface area contributed by atoms with Gasteiger partial charge in [0.25, 0.3) is 0 Å². The third-order valence-electron chi connectivity index (χ3n) is 2.48. The zero-order chi connectivity index (χ0) is 13.1. The van der Waals surface area contributed by atoms with E-state index in [0.29, 0.717) is 31.9 Å². The normalized spacial score (nSPS) is 12.3. The summed E-state index contributed by atoms with van der Waals surface area (Å²) >= 11 is 12.1. The highest BCUT2D eigenvalue weighted by Crippen LogP contribution is 2.27. The first kappa shape index (κ1) is 13.4. The summed E-state index contributed by atoms with van der Waals surface area (Å²) in [5, 5.41) is 1.07. The van der Waals surface area contributed by atoms with E-state index in [9.17, 15) is 4.21 Å². The van der Waals surface area contributed by atoms with Gasteiger partial charge >= 0.3 is 0 Å². The number of hydrogen-bond donors (Lipinski definition) is 1. The number of rotatable bonds is 3. The molecule has 0 bridgehead atoms. The smallest absolute Gasteiger partial charge is 0.0575 e. The molecule has 2 rings (SSSR count). The van der Waals surface area contributed by atoms with Crippen molar-refractivity contribution in [3.63, 3.8) is 0 Å². The summed E-state index contributed by atoms with van der Waals surface area (Å²) in [7, 11) is -1.19. The molecule has 0 aromatic heterocycles. The van der Waals surface area contributed by atoms with Gasteiger partial charge in [0.1, 0.15) is 0 Å². The van der Waals surface area contributed by atoms with Crippen LogP contribution in [0.15, 0.2) is 47.4 Å². The van der Waals surface area contributed by atoms with Crippen LogP contribution < -0.4 is 5.73 Å². The van der Waals surface area contributed by atoms with Crippen LogP contribution >= 0.6 is 23.2 Å². The SMILES string of the molecule is Nc1ccc(S(=O)Cc2c(Cl)cccc2Cl)cc1. The van der Waals surface area contributed by atoms with E-state index in [2.05, 4.69) is 0 Å². The molecule has 0 saturated carbocycles. The van der Waals surface area contributed by atoms with E-state index in [1.54, 1.807) is 42.5 Å². The summed E-state index contributed by atoms with van der Waals surface area (Å²) in [6.07, 6.45) is 0. The molecular formula is C13H11Cl2NOS. The van der Waals surface area contributed by atoms with E-state index in [4.69, 9.17) is 28.9 Å². The van der Waals surface area contributed by atoms with Gasteiger partial charge in [-0.2, -0.15) is 0 Å². The summed E-state index contributed by atoms with van der Waals surface area (Å²) in [6.45, 7) is 0. The van der Waals surface area contributed by atoms with Crippen LogP contribution in [0, 0.1) is 0 Å². The minimum absolute atomic E-state index is 0.294. The van der Waals surface area contributed by atoms with Gasteiger partial charge in [0.05, 0.1) is 16.6 Å². The lowest BCUT2D eigenvalue weighted by Gasteiger charge is -2.07. The molecule has 0 radical (unpaired) electrons. The number of nitrogens with two attached hydrogens (primary N) is 1. The second kappa shape index (κ2) is 5.74. The number of anilines is 1. The van der Waals surface area contributed by atoms with Crippen LogP contribution in [-0.4, -0.2) is 4.21 Å². The fourth-order valence-electron chi connectivity index (χ4n) is 1.50. The second-order valence-corrected chi connectivity index (χ2v) is 6.02. The van der Waals surface area contributed by atoms with Gasteiger partial charge in [-0.15, -0.1) is 0 Å². The van der Waals surface area contributed by atoms with Crippen molar-refractivity contribution in [3.05, 3.63) is 58.1 Å². The molecule has 0 fully saturated rings. The lowest BCUT2D eigenvalue weighted by Crippen LogP contribution is -1.98. The Labute approximate surface area is 118 Å². The first-order valence-corrected chi connectivity index (χ1v) is 7.32. The highest BCUT2D eigenvalue weighted by molar-refractivity contribution is 7.84. The largest absolute Gasteiger partial charge is 0.399 e. The molecule has 2 aromatic carbocycles. The lowest BCUT2D eigenvalue weighted by atomic mass is 10.2. The summed E-state index contributed by atoms with van der Waals surface area (Å²) < 4.78 is 12.2. The van der Waals surface area contributed by atoms with E-state index >= 15 is 0 Å². The molecule has 0 aliphatic heterocycles. The zero-order valence-corrected chi connectivity index (χ0v) is 11.7. The summed E-state index contributed by atoms with van der Waals surface area (Å²) in [5.74, 6) is 0.294. The van der Waals surface area contributed by atoms with Crippen molar-refractivity contribution < 1.29 is 4.21 Å². The molecule has 0 saturated heterocycles. The predicted octanol–water partition coefficient (Wildman–Crippen LogP) is 3.88. The Morgan fingerprint density at radius 1 is 1.00 bits per heavy atom. The van der Waals surface area contributed by atoms with Gasteiger partial charge < -0.3 is 5.73 Å². The number of hydrogen-bond acceptors (Lipinski definition) is 2. The van der Waals surface area contributed by atoms with Gasteiger partial charge in [-0.3, -0.25) is 4.21 Å². The molecule has 1 unspecified atom stereocenters. The van der Waals surface area contributed by atoms with Gasteiger partial charge in [-0.25, -0.2) is 0 Å². The molecule has 1 atom stereocenters. The van der Waals surface area contributed by atoms with Crippen LogP contribution in [0.25, 0.3) is 0 Å². The molecule has 5 heteroatoms. The fraction of sp³-hybridized carbons (Fsp3) is 0.0769. The maximum Gasteiger partial charge on any atom is 0.0575 e. The summed E-state index contributed by atoms with van der Waals surface area (Å²) in [4.78, 5) is 0.709. The quantitative estimate of drug-likeness (QED) is 0.874. The maximum atomic E-state index is 12.2. The van der Waals surface area contributed by atoms with E-state index < -0.39 is 10.8 Å². The average molecular weight is 300 g/mol. The maximum absolute atomic E-state index is 12.2. The van der Waals surface area contributed by atoms with Crippen molar-refractivity contribution in [2.45, 2.75) is 10.6 Å².